The zero-order valence-electron chi connectivity index (χ0n) is 8.18. The summed E-state index contributed by atoms with van der Waals surface area (Å²) in [5, 5.41) is 9.37. The summed E-state index contributed by atoms with van der Waals surface area (Å²) in [6.45, 7) is 5.99. The van der Waals surface area contributed by atoms with Gasteiger partial charge in [0.15, 0.2) is 0 Å². The highest BCUT2D eigenvalue weighted by atomic mass is 16.5. The molecular formula is C10H20O2. The monoisotopic (exact) mass is 172 g/mol. The summed E-state index contributed by atoms with van der Waals surface area (Å²) in [5.41, 5.74) is 0.245. The molecule has 0 aromatic rings. The first kappa shape index (κ1) is 10.0. The lowest BCUT2D eigenvalue weighted by atomic mass is 9.90. The van der Waals surface area contributed by atoms with Crippen molar-refractivity contribution >= 4 is 0 Å². The molecule has 12 heavy (non-hydrogen) atoms. The third-order valence-electron chi connectivity index (χ3n) is 2.61. The van der Waals surface area contributed by atoms with E-state index >= 15 is 0 Å². The van der Waals surface area contributed by atoms with E-state index in [9.17, 15) is 5.11 Å². The maximum Gasteiger partial charge on any atom is 0.0546 e. The molecule has 1 fully saturated rings. The predicted molar refractivity (Wildman–Crippen MR) is 49.1 cm³/mol. The first-order valence-corrected chi connectivity index (χ1v) is 4.92. The summed E-state index contributed by atoms with van der Waals surface area (Å²) >= 11 is 0. The van der Waals surface area contributed by atoms with Crippen LogP contribution in [0.1, 0.15) is 39.5 Å². The Morgan fingerprint density at radius 1 is 1.58 bits per heavy atom. The fraction of sp³-hybridized carbons (Fsp3) is 1.00. The van der Waals surface area contributed by atoms with Gasteiger partial charge in [0.2, 0.25) is 0 Å². The molecule has 0 aromatic heterocycles. The van der Waals surface area contributed by atoms with E-state index in [1.54, 1.807) is 0 Å². The number of hydrogen-bond donors (Lipinski definition) is 1. The van der Waals surface area contributed by atoms with Crippen LogP contribution in [-0.4, -0.2) is 24.4 Å². The average molecular weight is 172 g/mol. The summed E-state index contributed by atoms with van der Waals surface area (Å²) < 4.78 is 5.51. The fourth-order valence-corrected chi connectivity index (χ4v) is 1.88. The Morgan fingerprint density at radius 2 is 2.33 bits per heavy atom. The van der Waals surface area contributed by atoms with Crippen molar-refractivity contribution in [1.82, 2.24) is 0 Å². The predicted octanol–water partition coefficient (Wildman–Crippen LogP) is 1.96. The van der Waals surface area contributed by atoms with Crippen LogP contribution in [0.2, 0.25) is 0 Å². The van der Waals surface area contributed by atoms with Gasteiger partial charge >= 0.3 is 0 Å². The van der Waals surface area contributed by atoms with Crippen LogP contribution in [0.25, 0.3) is 0 Å². The normalized spacial score (nSPS) is 35.8. The van der Waals surface area contributed by atoms with E-state index < -0.39 is 0 Å². The molecule has 1 saturated carbocycles. The second-order valence-electron chi connectivity index (χ2n) is 4.26. The molecule has 1 aliphatic carbocycles. The van der Waals surface area contributed by atoms with Gasteiger partial charge in [0.1, 0.15) is 0 Å². The number of ether oxygens (including phenoxy) is 1. The van der Waals surface area contributed by atoms with Crippen LogP contribution in [-0.2, 0) is 4.74 Å². The maximum atomic E-state index is 9.37. The van der Waals surface area contributed by atoms with Gasteiger partial charge in [0.05, 0.1) is 12.7 Å². The summed E-state index contributed by atoms with van der Waals surface area (Å²) in [7, 11) is 0. The Hall–Kier alpha value is -0.0800. The van der Waals surface area contributed by atoms with E-state index in [-0.39, 0.29) is 11.5 Å². The third kappa shape index (κ3) is 2.76. The topological polar surface area (TPSA) is 29.5 Å². The van der Waals surface area contributed by atoms with E-state index in [1.165, 1.54) is 0 Å². The summed E-state index contributed by atoms with van der Waals surface area (Å²) in [4.78, 5) is 0. The van der Waals surface area contributed by atoms with Crippen molar-refractivity contribution in [1.29, 1.82) is 0 Å². The molecule has 0 heterocycles. The smallest absolute Gasteiger partial charge is 0.0546 e. The minimum atomic E-state index is -0.0831. The second-order valence-corrected chi connectivity index (χ2v) is 4.26. The minimum absolute atomic E-state index is 0.0831. The lowest BCUT2D eigenvalue weighted by Gasteiger charge is -2.22. The van der Waals surface area contributed by atoms with Gasteiger partial charge in [-0.05, 0) is 31.1 Å². The molecule has 0 aromatic carbocycles. The van der Waals surface area contributed by atoms with Crippen molar-refractivity contribution in [3.63, 3.8) is 0 Å². The molecule has 1 aliphatic rings. The summed E-state index contributed by atoms with van der Waals surface area (Å²) in [6, 6.07) is 0. The van der Waals surface area contributed by atoms with E-state index in [2.05, 4.69) is 13.8 Å². The van der Waals surface area contributed by atoms with E-state index in [4.69, 9.17) is 4.74 Å². The SMILES string of the molecule is CCCOCC1(C)CCC(O)C1. The molecule has 2 atom stereocenters. The van der Waals surface area contributed by atoms with E-state index in [0.717, 1.165) is 38.9 Å². The van der Waals surface area contributed by atoms with Gasteiger partial charge in [-0.2, -0.15) is 0 Å². The first-order valence-electron chi connectivity index (χ1n) is 4.92. The van der Waals surface area contributed by atoms with Gasteiger partial charge in [-0.15, -0.1) is 0 Å². The standard InChI is InChI=1S/C10H20O2/c1-3-6-12-8-10(2)5-4-9(11)7-10/h9,11H,3-8H2,1-2H3. The average Bonchev–Trinajstić information content (AvgIpc) is 2.32. The zero-order valence-corrected chi connectivity index (χ0v) is 8.18. The third-order valence-corrected chi connectivity index (χ3v) is 2.61. The lowest BCUT2D eigenvalue weighted by Crippen LogP contribution is -2.20. The Balaban J connectivity index is 2.21. The molecule has 0 spiro atoms. The van der Waals surface area contributed by atoms with Gasteiger partial charge < -0.3 is 9.84 Å². The molecule has 0 amide bonds. The summed E-state index contributed by atoms with van der Waals surface area (Å²) in [6.07, 6.45) is 3.97. The van der Waals surface area contributed by atoms with Crippen LogP contribution >= 0.6 is 0 Å². The molecule has 1 rings (SSSR count). The highest BCUT2D eigenvalue weighted by Crippen LogP contribution is 2.37. The molecule has 0 aliphatic heterocycles. The summed E-state index contributed by atoms with van der Waals surface area (Å²) in [5.74, 6) is 0. The highest BCUT2D eigenvalue weighted by Gasteiger charge is 2.34. The lowest BCUT2D eigenvalue weighted by molar-refractivity contribution is 0.0478. The quantitative estimate of drug-likeness (QED) is 0.657. The van der Waals surface area contributed by atoms with Crippen LogP contribution in [0, 0.1) is 5.41 Å². The van der Waals surface area contributed by atoms with Crippen molar-refractivity contribution in [2.75, 3.05) is 13.2 Å². The zero-order chi connectivity index (χ0) is 9.03. The molecule has 2 nitrogen and oxygen atoms in total. The first-order chi connectivity index (χ1) is 5.66. The Labute approximate surface area is 74.9 Å². The molecule has 0 saturated heterocycles. The Kier molecular flexibility index (Phi) is 3.53. The van der Waals surface area contributed by atoms with Crippen LogP contribution < -0.4 is 0 Å². The molecule has 2 unspecified atom stereocenters. The molecule has 72 valence electrons. The van der Waals surface area contributed by atoms with Crippen molar-refractivity contribution in [3.05, 3.63) is 0 Å². The van der Waals surface area contributed by atoms with Crippen LogP contribution in [0.5, 0.6) is 0 Å². The van der Waals surface area contributed by atoms with E-state index in [0.29, 0.717) is 0 Å². The number of aliphatic hydroxyl groups excluding tert-OH is 1. The van der Waals surface area contributed by atoms with Gasteiger partial charge in [-0.1, -0.05) is 13.8 Å². The fourth-order valence-electron chi connectivity index (χ4n) is 1.88. The van der Waals surface area contributed by atoms with Crippen molar-refractivity contribution in [2.45, 2.75) is 45.6 Å². The molecular weight excluding hydrogens is 152 g/mol. The van der Waals surface area contributed by atoms with Crippen molar-refractivity contribution in [2.24, 2.45) is 5.41 Å². The number of aliphatic hydroxyl groups is 1. The molecule has 0 radical (unpaired) electrons. The van der Waals surface area contributed by atoms with Gasteiger partial charge in [-0.25, -0.2) is 0 Å². The Bertz CT molecular complexity index is 136. The van der Waals surface area contributed by atoms with Crippen molar-refractivity contribution < 1.29 is 9.84 Å². The van der Waals surface area contributed by atoms with Crippen molar-refractivity contribution in [3.8, 4) is 0 Å². The van der Waals surface area contributed by atoms with Crippen LogP contribution in [0.3, 0.4) is 0 Å². The number of hydrogen-bond acceptors (Lipinski definition) is 2. The van der Waals surface area contributed by atoms with Crippen LogP contribution in [0.15, 0.2) is 0 Å². The second kappa shape index (κ2) is 4.24. The molecule has 2 heteroatoms. The van der Waals surface area contributed by atoms with Gasteiger partial charge in [0, 0.05) is 6.61 Å². The number of rotatable bonds is 4. The molecule has 0 bridgehead atoms. The van der Waals surface area contributed by atoms with E-state index in [1.807, 2.05) is 0 Å². The maximum absolute atomic E-state index is 9.37. The largest absolute Gasteiger partial charge is 0.393 e. The molecule has 1 N–H and O–H groups in total. The Morgan fingerprint density at radius 3 is 2.83 bits per heavy atom. The van der Waals surface area contributed by atoms with Gasteiger partial charge in [0.25, 0.3) is 0 Å². The highest BCUT2D eigenvalue weighted by molar-refractivity contribution is 4.85. The van der Waals surface area contributed by atoms with Crippen LogP contribution in [0.4, 0.5) is 0 Å². The van der Waals surface area contributed by atoms with Gasteiger partial charge in [-0.3, -0.25) is 0 Å². The minimum Gasteiger partial charge on any atom is -0.393 e.